The van der Waals surface area contributed by atoms with Crippen molar-refractivity contribution in [2.24, 2.45) is 0 Å². The number of hydrogen-bond acceptors (Lipinski definition) is 5. The maximum Gasteiger partial charge on any atom is 0.410 e. The van der Waals surface area contributed by atoms with Crippen LogP contribution >= 0.6 is 11.3 Å². The molecule has 0 bridgehead atoms. The van der Waals surface area contributed by atoms with Crippen LogP contribution in [-0.4, -0.2) is 29.4 Å². The molecule has 0 saturated carbocycles. The van der Waals surface area contributed by atoms with Crippen LogP contribution in [0.25, 0.3) is 0 Å². The summed E-state index contributed by atoms with van der Waals surface area (Å²) >= 11 is 1.20. The van der Waals surface area contributed by atoms with Crippen molar-refractivity contribution in [3.8, 4) is 0 Å². The average molecular weight is 230 g/mol. The number of ether oxygens (including phenoxy) is 2. The molecule has 0 spiro atoms. The molecule has 1 fully saturated rings. The summed E-state index contributed by atoms with van der Waals surface area (Å²) in [7, 11) is 0. The number of hydrogen-bond donors (Lipinski definition) is 2. The minimum Gasteiger partial charge on any atom is -0.465 e. The Morgan fingerprint density at radius 3 is 2.93 bits per heavy atom. The Morgan fingerprint density at radius 1 is 1.67 bits per heavy atom. The second-order valence-corrected chi connectivity index (χ2v) is 4.13. The molecule has 1 aromatic heterocycles. The normalized spacial score (nSPS) is 19.0. The fourth-order valence-corrected chi connectivity index (χ4v) is 2.15. The zero-order chi connectivity index (χ0) is 10.9. The van der Waals surface area contributed by atoms with E-state index >= 15 is 0 Å². The summed E-state index contributed by atoms with van der Waals surface area (Å²) in [6, 6.07) is 0. The van der Waals surface area contributed by atoms with Gasteiger partial charge < -0.3 is 14.6 Å². The number of nitrogens with zero attached hydrogens (tertiary/aromatic N) is 1. The number of aromatic nitrogens is 1. The van der Waals surface area contributed by atoms with Gasteiger partial charge >= 0.3 is 6.09 Å². The van der Waals surface area contributed by atoms with Crippen LogP contribution in [-0.2, 0) is 15.3 Å². The van der Waals surface area contributed by atoms with E-state index in [2.05, 4.69) is 10.3 Å². The van der Waals surface area contributed by atoms with Crippen molar-refractivity contribution in [3.63, 3.8) is 0 Å². The van der Waals surface area contributed by atoms with Crippen LogP contribution in [0.5, 0.6) is 0 Å². The van der Waals surface area contributed by atoms with Crippen LogP contribution in [0.1, 0.15) is 11.8 Å². The van der Waals surface area contributed by atoms with E-state index < -0.39 is 11.9 Å². The van der Waals surface area contributed by atoms with Gasteiger partial charge in [-0.1, -0.05) is 11.3 Å². The van der Waals surface area contributed by atoms with E-state index in [4.69, 9.17) is 14.6 Å². The van der Waals surface area contributed by atoms with Gasteiger partial charge in [0.15, 0.2) is 5.13 Å². The molecule has 1 aromatic rings. The van der Waals surface area contributed by atoms with Gasteiger partial charge in [-0.25, -0.2) is 9.78 Å². The molecule has 7 heteroatoms. The van der Waals surface area contributed by atoms with Crippen LogP contribution in [0.2, 0.25) is 0 Å². The quantitative estimate of drug-likeness (QED) is 0.803. The number of carboxylic acid groups (broad SMARTS) is 1. The van der Waals surface area contributed by atoms with Gasteiger partial charge in [-0.05, 0) is 6.92 Å². The largest absolute Gasteiger partial charge is 0.465 e. The van der Waals surface area contributed by atoms with E-state index in [-0.39, 0.29) is 0 Å². The highest BCUT2D eigenvalue weighted by Gasteiger charge is 2.35. The molecule has 1 amide bonds. The van der Waals surface area contributed by atoms with E-state index in [1.54, 1.807) is 13.1 Å². The Bertz CT molecular complexity index is 372. The molecule has 1 saturated heterocycles. The van der Waals surface area contributed by atoms with Crippen molar-refractivity contribution in [2.75, 3.05) is 18.5 Å². The van der Waals surface area contributed by atoms with Crippen LogP contribution < -0.4 is 5.32 Å². The van der Waals surface area contributed by atoms with Crippen molar-refractivity contribution in [1.82, 2.24) is 4.98 Å². The van der Waals surface area contributed by atoms with Gasteiger partial charge in [-0.3, -0.25) is 5.32 Å². The fraction of sp³-hybridized carbons (Fsp3) is 0.500. The number of carbonyl (C=O) groups is 1. The molecule has 1 aliphatic heterocycles. The lowest BCUT2D eigenvalue weighted by atomic mass is 10.3. The minimum atomic E-state index is -1.13. The molecule has 82 valence electrons. The van der Waals surface area contributed by atoms with E-state index in [9.17, 15) is 4.79 Å². The third-order valence-electron chi connectivity index (χ3n) is 2.01. The maximum absolute atomic E-state index is 10.4. The molecule has 2 rings (SSSR count). The van der Waals surface area contributed by atoms with E-state index in [1.165, 1.54) is 11.3 Å². The smallest absolute Gasteiger partial charge is 0.410 e. The summed E-state index contributed by atoms with van der Waals surface area (Å²) in [5, 5.41) is 11.0. The third-order valence-corrected chi connectivity index (χ3v) is 3.10. The number of thiazole rings is 1. The Morgan fingerprint density at radius 2 is 2.33 bits per heavy atom. The lowest BCUT2D eigenvalue weighted by molar-refractivity contribution is -0.147. The molecule has 2 N–H and O–H groups in total. The summed E-state index contributed by atoms with van der Waals surface area (Å²) in [4.78, 5) is 15.0. The van der Waals surface area contributed by atoms with Gasteiger partial charge in [0.25, 0.3) is 0 Å². The first kappa shape index (κ1) is 10.3. The Kier molecular flexibility index (Phi) is 2.59. The summed E-state index contributed by atoms with van der Waals surface area (Å²) in [5.41, 5.74) is 0. The molecular weight excluding hydrogens is 220 g/mol. The van der Waals surface area contributed by atoms with Crippen LogP contribution in [0.3, 0.4) is 0 Å². The first-order valence-electron chi connectivity index (χ1n) is 4.34. The average Bonchev–Trinajstić information content (AvgIpc) is 2.74. The van der Waals surface area contributed by atoms with Crippen molar-refractivity contribution in [2.45, 2.75) is 12.7 Å². The highest BCUT2D eigenvalue weighted by Crippen LogP contribution is 2.35. The molecule has 6 nitrogen and oxygen atoms in total. The second-order valence-electron chi connectivity index (χ2n) is 3.10. The molecule has 0 atom stereocenters. The van der Waals surface area contributed by atoms with Gasteiger partial charge in [-0.2, -0.15) is 0 Å². The SMILES string of the molecule is CC1(c2cnc(NC(=O)O)s2)OCCO1. The molecule has 1 aliphatic rings. The zero-order valence-corrected chi connectivity index (χ0v) is 8.84. The minimum absolute atomic E-state index is 0.317. The Hall–Kier alpha value is -1.18. The van der Waals surface area contributed by atoms with Crippen molar-refractivity contribution in [1.29, 1.82) is 0 Å². The topological polar surface area (TPSA) is 80.7 Å². The molecule has 15 heavy (non-hydrogen) atoms. The lowest BCUT2D eigenvalue weighted by Crippen LogP contribution is -2.20. The van der Waals surface area contributed by atoms with Gasteiger partial charge in [0.2, 0.25) is 5.79 Å². The zero-order valence-electron chi connectivity index (χ0n) is 8.02. The van der Waals surface area contributed by atoms with E-state index in [0.29, 0.717) is 18.3 Å². The summed E-state index contributed by atoms with van der Waals surface area (Å²) in [6.07, 6.45) is 0.427. The number of rotatable bonds is 2. The van der Waals surface area contributed by atoms with Gasteiger partial charge in [-0.15, -0.1) is 0 Å². The van der Waals surface area contributed by atoms with Crippen LogP contribution in [0.15, 0.2) is 6.20 Å². The molecule has 0 aromatic carbocycles. The van der Waals surface area contributed by atoms with Crippen molar-refractivity contribution >= 4 is 22.6 Å². The van der Waals surface area contributed by atoms with Crippen LogP contribution in [0.4, 0.5) is 9.93 Å². The van der Waals surface area contributed by atoms with Gasteiger partial charge in [0.05, 0.1) is 18.1 Å². The lowest BCUT2D eigenvalue weighted by Gasteiger charge is -2.19. The van der Waals surface area contributed by atoms with E-state index in [1.807, 2.05) is 0 Å². The molecule has 2 heterocycles. The summed E-state index contributed by atoms with van der Waals surface area (Å²) in [5.74, 6) is -0.782. The summed E-state index contributed by atoms with van der Waals surface area (Å²) < 4.78 is 10.8. The molecular formula is C8H10N2O4S. The van der Waals surface area contributed by atoms with Gasteiger partial charge in [0.1, 0.15) is 0 Å². The first-order valence-corrected chi connectivity index (χ1v) is 5.16. The Labute approximate surface area is 89.8 Å². The first-order chi connectivity index (χ1) is 7.10. The predicted molar refractivity (Wildman–Crippen MR) is 53.0 cm³/mol. The number of amides is 1. The second kappa shape index (κ2) is 3.76. The highest BCUT2D eigenvalue weighted by molar-refractivity contribution is 7.15. The van der Waals surface area contributed by atoms with Gasteiger partial charge in [0, 0.05) is 6.20 Å². The highest BCUT2D eigenvalue weighted by atomic mass is 32.1. The third kappa shape index (κ3) is 2.09. The molecule has 0 radical (unpaired) electrons. The fourth-order valence-electron chi connectivity index (χ4n) is 1.29. The number of anilines is 1. The van der Waals surface area contributed by atoms with Crippen molar-refractivity contribution in [3.05, 3.63) is 11.1 Å². The van der Waals surface area contributed by atoms with E-state index in [0.717, 1.165) is 4.88 Å². The summed E-state index contributed by atoms with van der Waals surface area (Å²) in [6.45, 7) is 2.87. The monoisotopic (exact) mass is 230 g/mol. The maximum atomic E-state index is 10.4. The molecule has 0 unspecified atom stereocenters. The number of nitrogens with one attached hydrogen (secondary N) is 1. The van der Waals surface area contributed by atoms with Crippen LogP contribution in [0, 0.1) is 0 Å². The van der Waals surface area contributed by atoms with Crippen molar-refractivity contribution < 1.29 is 19.4 Å². The Balaban J connectivity index is 2.15. The standard InChI is InChI=1S/C8H10N2O4S/c1-8(13-2-3-14-8)5-4-9-6(15-5)10-7(11)12/h4H,2-3H2,1H3,(H,9,10)(H,11,12). The molecule has 0 aliphatic carbocycles. The predicted octanol–water partition coefficient (Wildman–Crippen LogP) is 1.45.